The molecule has 0 aliphatic heterocycles. The first kappa shape index (κ1) is 12.1. The van der Waals surface area contributed by atoms with E-state index >= 15 is 0 Å². The maximum atomic E-state index is 5.69. The first-order valence-electron chi connectivity index (χ1n) is 6.11. The fraction of sp³-hybridized carbons (Fsp3) is 0.500. The Hall–Kier alpha value is -1.35. The third-order valence-corrected chi connectivity index (χ3v) is 2.67. The summed E-state index contributed by atoms with van der Waals surface area (Å²) in [6.45, 7) is 9.20. The Morgan fingerprint density at radius 1 is 1.29 bits per heavy atom. The third kappa shape index (κ3) is 3.07. The fourth-order valence-corrected chi connectivity index (χ4v) is 1.66. The topological polar surface area (TPSA) is 38.1 Å². The van der Waals surface area contributed by atoms with Gasteiger partial charge in [-0.3, -0.25) is 0 Å². The van der Waals surface area contributed by atoms with Crippen LogP contribution in [0.4, 0.5) is 0 Å². The minimum absolute atomic E-state index is 0.0786. The van der Waals surface area contributed by atoms with Crippen LogP contribution in [0.3, 0.4) is 0 Å². The van der Waals surface area contributed by atoms with E-state index in [4.69, 9.17) is 4.42 Å². The van der Waals surface area contributed by atoms with Crippen molar-refractivity contribution in [3.8, 4) is 0 Å². The van der Waals surface area contributed by atoms with Crippen LogP contribution in [0.5, 0.6) is 0 Å². The van der Waals surface area contributed by atoms with Gasteiger partial charge in [0.25, 0.3) is 0 Å². The number of nitrogens with zero attached hydrogens (tertiary/aromatic N) is 1. The minimum Gasteiger partial charge on any atom is -0.439 e. The van der Waals surface area contributed by atoms with E-state index in [1.807, 2.05) is 6.07 Å². The Morgan fingerprint density at radius 2 is 2.06 bits per heavy atom. The lowest BCUT2D eigenvalue weighted by Crippen LogP contribution is -2.35. The van der Waals surface area contributed by atoms with Gasteiger partial charge in [-0.15, -0.1) is 0 Å². The predicted octanol–water partition coefficient (Wildman–Crippen LogP) is 3.28. The Balaban J connectivity index is 2.20. The molecule has 0 aliphatic rings. The first-order valence-corrected chi connectivity index (χ1v) is 6.11. The van der Waals surface area contributed by atoms with Crippen LogP contribution in [0.25, 0.3) is 11.1 Å². The number of hydrogen-bond donors (Lipinski definition) is 1. The second kappa shape index (κ2) is 4.49. The average Bonchev–Trinajstić information content (AvgIpc) is 2.66. The van der Waals surface area contributed by atoms with E-state index in [1.165, 1.54) is 5.56 Å². The highest BCUT2D eigenvalue weighted by Crippen LogP contribution is 2.18. The Kier molecular flexibility index (Phi) is 3.20. The lowest BCUT2D eigenvalue weighted by atomic mass is 10.1. The van der Waals surface area contributed by atoms with E-state index in [0.29, 0.717) is 6.54 Å². The van der Waals surface area contributed by atoms with E-state index in [0.717, 1.165) is 23.4 Å². The Bertz CT molecular complexity index is 508. The Labute approximate surface area is 102 Å². The first-order chi connectivity index (χ1) is 7.98. The van der Waals surface area contributed by atoms with Gasteiger partial charge in [-0.25, -0.2) is 4.98 Å². The summed E-state index contributed by atoms with van der Waals surface area (Å²) < 4.78 is 5.69. The molecular formula is C14H20N2O. The number of rotatable bonds is 3. The van der Waals surface area contributed by atoms with Crippen molar-refractivity contribution >= 4 is 11.1 Å². The molecule has 1 N–H and O–H groups in total. The van der Waals surface area contributed by atoms with Crippen molar-refractivity contribution in [2.24, 2.45) is 0 Å². The minimum atomic E-state index is 0.0786. The smallest absolute Gasteiger partial charge is 0.209 e. The van der Waals surface area contributed by atoms with E-state index in [1.54, 1.807) is 0 Å². The molecule has 0 unspecified atom stereocenters. The van der Waals surface area contributed by atoms with Gasteiger partial charge in [-0.2, -0.15) is 0 Å². The van der Waals surface area contributed by atoms with Gasteiger partial charge in [0.1, 0.15) is 5.52 Å². The molecule has 1 aromatic heterocycles. The SMILES string of the molecule is CCc1ccc2oc(CNC(C)(C)C)nc2c1. The number of hydrogen-bond acceptors (Lipinski definition) is 3. The second-order valence-electron chi connectivity index (χ2n) is 5.37. The molecule has 2 rings (SSSR count). The van der Waals surface area contributed by atoms with E-state index in [9.17, 15) is 0 Å². The predicted molar refractivity (Wildman–Crippen MR) is 70.0 cm³/mol. The summed E-state index contributed by atoms with van der Waals surface area (Å²) in [5, 5.41) is 3.37. The summed E-state index contributed by atoms with van der Waals surface area (Å²) in [6, 6.07) is 6.19. The van der Waals surface area contributed by atoms with Crippen LogP contribution in [-0.4, -0.2) is 10.5 Å². The number of nitrogens with one attached hydrogen (secondary N) is 1. The van der Waals surface area contributed by atoms with Crippen molar-refractivity contribution in [3.05, 3.63) is 29.7 Å². The molecular weight excluding hydrogens is 212 g/mol. The summed E-state index contributed by atoms with van der Waals surface area (Å²) in [6.07, 6.45) is 1.03. The van der Waals surface area contributed by atoms with Crippen LogP contribution in [0.1, 0.15) is 39.1 Å². The van der Waals surface area contributed by atoms with E-state index in [-0.39, 0.29) is 5.54 Å². The van der Waals surface area contributed by atoms with Gasteiger partial charge in [0, 0.05) is 5.54 Å². The van der Waals surface area contributed by atoms with Crippen molar-refractivity contribution in [1.29, 1.82) is 0 Å². The number of benzene rings is 1. The van der Waals surface area contributed by atoms with Crippen LogP contribution in [0.2, 0.25) is 0 Å². The zero-order valence-electron chi connectivity index (χ0n) is 11.0. The molecule has 0 amide bonds. The zero-order chi connectivity index (χ0) is 12.5. The van der Waals surface area contributed by atoms with Gasteiger partial charge in [-0.1, -0.05) is 13.0 Å². The molecule has 0 fully saturated rings. The largest absolute Gasteiger partial charge is 0.439 e. The van der Waals surface area contributed by atoms with E-state index < -0.39 is 0 Å². The number of fused-ring (bicyclic) bond motifs is 1. The molecule has 0 aliphatic carbocycles. The number of oxazole rings is 1. The average molecular weight is 232 g/mol. The molecule has 92 valence electrons. The zero-order valence-corrected chi connectivity index (χ0v) is 11.0. The van der Waals surface area contributed by atoms with Crippen LogP contribution in [-0.2, 0) is 13.0 Å². The summed E-state index contributed by atoms with van der Waals surface area (Å²) in [7, 11) is 0. The summed E-state index contributed by atoms with van der Waals surface area (Å²) in [4.78, 5) is 4.50. The molecule has 0 saturated heterocycles. The van der Waals surface area contributed by atoms with Gasteiger partial charge in [0.05, 0.1) is 6.54 Å². The van der Waals surface area contributed by atoms with Gasteiger partial charge in [-0.05, 0) is 44.9 Å². The van der Waals surface area contributed by atoms with E-state index in [2.05, 4.69) is 50.1 Å². The molecule has 0 saturated carbocycles. The van der Waals surface area contributed by atoms with Crippen molar-refractivity contribution in [2.75, 3.05) is 0 Å². The maximum Gasteiger partial charge on any atom is 0.209 e. The number of aromatic nitrogens is 1. The fourth-order valence-electron chi connectivity index (χ4n) is 1.66. The highest BCUT2D eigenvalue weighted by molar-refractivity contribution is 5.73. The highest BCUT2D eigenvalue weighted by atomic mass is 16.3. The molecule has 0 radical (unpaired) electrons. The lowest BCUT2D eigenvalue weighted by molar-refractivity contribution is 0.388. The van der Waals surface area contributed by atoms with Crippen molar-refractivity contribution < 1.29 is 4.42 Å². The van der Waals surface area contributed by atoms with Gasteiger partial charge < -0.3 is 9.73 Å². The highest BCUT2D eigenvalue weighted by Gasteiger charge is 2.11. The lowest BCUT2D eigenvalue weighted by Gasteiger charge is -2.18. The normalized spacial score (nSPS) is 12.2. The molecule has 0 bridgehead atoms. The molecule has 1 aromatic carbocycles. The maximum absolute atomic E-state index is 5.69. The molecule has 1 heterocycles. The van der Waals surface area contributed by atoms with Crippen LogP contribution in [0, 0.1) is 0 Å². The van der Waals surface area contributed by atoms with Crippen LogP contribution in [0.15, 0.2) is 22.6 Å². The monoisotopic (exact) mass is 232 g/mol. The van der Waals surface area contributed by atoms with Crippen molar-refractivity contribution in [1.82, 2.24) is 10.3 Å². The molecule has 17 heavy (non-hydrogen) atoms. The molecule has 0 spiro atoms. The summed E-state index contributed by atoms with van der Waals surface area (Å²) >= 11 is 0. The second-order valence-corrected chi connectivity index (χ2v) is 5.37. The summed E-state index contributed by atoms with van der Waals surface area (Å²) in [5.41, 5.74) is 3.19. The quantitative estimate of drug-likeness (QED) is 0.882. The molecule has 3 nitrogen and oxygen atoms in total. The third-order valence-electron chi connectivity index (χ3n) is 2.67. The van der Waals surface area contributed by atoms with Crippen molar-refractivity contribution in [2.45, 2.75) is 46.2 Å². The standard InChI is InChI=1S/C14H20N2O/c1-5-10-6-7-12-11(8-10)16-13(17-12)9-15-14(2,3)4/h6-8,15H,5,9H2,1-4H3. The molecule has 2 aromatic rings. The number of aryl methyl sites for hydroxylation is 1. The Morgan fingerprint density at radius 3 is 2.71 bits per heavy atom. The van der Waals surface area contributed by atoms with Gasteiger partial charge in [0.15, 0.2) is 5.58 Å². The van der Waals surface area contributed by atoms with Crippen LogP contribution < -0.4 is 5.32 Å². The summed E-state index contributed by atoms with van der Waals surface area (Å²) in [5.74, 6) is 0.753. The molecule has 3 heteroatoms. The van der Waals surface area contributed by atoms with Crippen molar-refractivity contribution in [3.63, 3.8) is 0 Å². The van der Waals surface area contributed by atoms with Gasteiger partial charge >= 0.3 is 0 Å². The van der Waals surface area contributed by atoms with Crippen LogP contribution >= 0.6 is 0 Å². The van der Waals surface area contributed by atoms with Gasteiger partial charge in [0.2, 0.25) is 5.89 Å². The molecule has 0 atom stereocenters.